The van der Waals surface area contributed by atoms with Crippen molar-refractivity contribution in [2.75, 3.05) is 0 Å². The molecule has 20 heavy (non-hydrogen) atoms. The summed E-state index contributed by atoms with van der Waals surface area (Å²) in [6, 6.07) is 7.11. The summed E-state index contributed by atoms with van der Waals surface area (Å²) in [7, 11) is 0. The van der Waals surface area contributed by atoms with Gasteiger partial charge in [-0.3, -0.25) is 4.98 Å². The van der Waals surface area contributed by atoms with E-state index in [9.17, 15) is 14.7 Å². The zero-order valence-corrected chi connectivity index (χ0v) is 10.9. The van der Waals surface area contributed by atoms with Crippen LogP contribution in [0.15, 0.2) is 29.1 Å². The van der Waals surface area contributed by atoms with Gasteiger partial charge in [0.1, 0.15) is 17.0 Å². The Morgan fingerprint density at radius 3 is 2.75 bits per heavy atom. The second-order valence-electron chi connectivity index (χ2n) is 5.05. The van der Waals surface area contributed by atoms with Gasteiger partial charge in [-0.1, -0.05) is 12.1 Å². The number of aromatic amines is 1. The summed E-state index contributed by atoms with van der Waals surface area (Å²) < 4.78 is 5.85. The lowest BCUT2D eigenvalue weighted by Crippen LogP contribution is -2.35. The predicted molar refractivity (Wildman–Crippen MR) is 70.9 cm³/mol. The van der Waals surface area contributed by atoms with Gasteiger partial charge < -0.3 is 9.84 Å². The molecule has 0 aliphatic carbocycles. The van der Waals surface area contributed by atoms with Gasteiger partial charge in [-0.25, -0.2) is 9.59 Å². The number of carboxylic acids is 1. The molecular weight excluding hydrogens is 260 g/mol. The Bertz CT molecular complexity index is 777. The highest BCUT2D eigenvalue weighted by molar-refractivity contribution is 5.90. The molecule has 1 aliphatic heterocycles. The third-order valence-electron chi connectivity index (χ3n) is 3.26. The monoisotopic (exact) mass is 272 g/mol. The van der Waals surface area contributed by atoms with Crippen molar-refractivity contribution in [3.8, 4) is 17.0 Å². The number of rotatable bonds is 1. The van der Waals surface area contributed by atoms with E-state index in [4.69, 9.17) is 4.74 Å². The van der Waals surface area contributed by atoms with Crippen molar-refractivity contribution in [3.63, 3.8) is 0 Å². The number of ether oxygens (including phenoxy) is 1. The molecule has 0 radical (unpaired) electrons. The van der Waals surface area contributed by atoms with Gasteiger partial charge in [-0.05, 0) is 26.0 Å². The summed E-state index contributed by atoms with van der Waals surface area (Å²) in [4.78, 5) is 29.2. The molecule has 0 saturated carbocycles. The van der Waals surface area contributed by atoms with Crippen LogP contribution in [0.5, 0.6) is 5.75 Å². The normalized spacial score (nSPS) is 14.9. The number of para-hydroxylation sites is 1. The van der Waals surface area contributed by atoms with Crippen molar-refractivity contribution in [2.45, 2.75) is 19.4 Å². The van der Waals surface area contributed by atoms with E-state index in [-0.39, 0.29) is 5.69 Å². The molecule has 1 aromatic heterocycles. The molecule has 1 aliphatic rings. The Morgan fingerprint density at radius 2 is 2.05 bits per heavy atom. The van der Waals surface area contributed by atoms with Crippen LogP contribution in [0.2, 0.25) is 0 Å². The van der Waals surface area contributed by atoms with Crippen LogP contribution in [0.4, 0.5) is 0 Å². The van der Waals surface area contributed by atoms with Gasteiger partial charge >= 0.3 is 11.7 Å². The number of carbonyl (C=O) groups is 1. The van der Waals surface area contributed by atoms with Crippen LogP contribution < -0.4 is 10.4 Å². The smallest absolute Gasteiger partial charge is 0.352 e. The Labute approximate surface area is 114 Å². The molecule has 2 heterocycles. The van der Waals surface area contributed by atoms with Crippen LogP contribution in [-0.2, 0) is 5.60 Å². The largest absolute Gasteiger partial charge is 0.482 e. The minimum Gasteiger partial charge on any atom is -0.482 e. The molecule has 2 N–H and O–H groups in total. The Kier molecular flexibility index (Phi) is 2.44. The van der Waals surface area contributed by atoms with E-state index in [0.717, 1.165) is 0 Å². The number of nitrogens with one attached hydrogen (secondary N) is 1. The lowest BCUT2D eigenvalue weighted by atomic mass is 9.88. The summed E-state index contributed by atoms with van der Waals surface area (Å²) in [6.45, 7) is 3.49. The number of aromatic carboxylic acids is 1. The van der Waals surface area contributed by atoms with E-state index in [1.54, 1.807) is 32.0 Å². The van der Waals surface area contributed by atoms with Gasteiger partial charge in [0.15, 0.2) is 0 Å². The fourth-order valence-electron chi connectivity index (χ4n) is 2.49. The van der Waals surface area contributed by atoms with Crippen molar-refractivity contribution >= 4 is 5.97 Å². The van der Waals surface area contributed by atoms with Crippen molar-refractivity contribution in [2.24, 2.45) is 0 Å². The molecule has 0 bridgehead atoms. The Morgan fingerprint density at radius 1 is 1.35 bits per heavy atom. The summed E-state index contributed by atoms with van der Waals surface area (Å²) in [5.74, 6) is -0.628. The molecule has 0 saturated heterocycles. The fraction of sp³-hybridized carbons (Fsp3) is 0.214. The van der Waals surface area contributed by atoms with Gasteiger partial charge in [-0.15, -0.1) is 0 Å². The summed E-state index contributed by atoms with van der Waals surface area (Å²) in [5.41, 5.74) is -0.404. The fourth-order valence-corrected chi connectivity index (χ4v) is 2.49. The molecule has 0 fully saturated rings. The van der Waals surface area contributed by atoms with Gasteiger partial charge in [0.25, 0.3) is 0 Å². The molecule has 6 nitrogen and oxygen atoms in total. The average molecular weight is 272 g/mol. The van der Waals surface area contributed by atoms with Crippen LogP contribution in [0.25, 0.3) is 11.3 Å². The Balaban J connectivity index is 2.45. The first-order valence-electron chi connectivity index (χ1n) is 6.06. The third-order valence-corrected chi connectivity index (χ3v) is 3.26. The zero-order valence-electron chi connectivity index (χ0n) is 10.9. The molecular formula is C14H12N2O4. The van der Waals surface area contributed by atoms with Gasteiger partial charge in [0.05, 0.1) is 11.3 Å². The number of H-pyrrole nitrogens is 1. The van der Waals surface area contributed by atoms with Crippen LogP contribution in [0.3, 0.4) is 0 Å². The molecule has 0 unspecified atom stereocenters. The van der Waals surface area contributed by atoms with Crippen molar-refractivity contribution in [1.29, 1.82) is 0 Å². The average Bonchev–Trinajstić information content (AvgIpc) is 2.36. The van der Waals surface area contributed by atoms with Crippen LogP contribution in [0, 0.1) is 0 Å². The van der Waals surface area contributed by atoms with Crippen LogP contribution in [-0.4, -0.2) is 21.0 Å². The van der Waals surface area contributed by atoms with E-state index in [2.05, 4.69) is 9.97 Å². The minimum absolute atomic E-state index is 0.181. The van der Waals surface area contributed by atoms with Gasteiger partial charge in [0, 0.05) is 5.56 Å². The number of hydrogen-bond donors (Lipinski definition) is 2. The van der Waals surface area contributed by atoms with E-state index >= 15 is 0 Å². The lowest BCUT2D eigenvalue weighted by Gasteiger charge is -2.34. The summed E-state index contributed by atoms with van der Waals surface area (Å²) in [6.07, 6.45) is 0. The highest BCUT2D eigenvalue weighted by Crippen LogP contribution is 2.44. The highest BCUT2D eigenvalue weighted by Gasteiger charge is 2.38. The molecule has 0 spiro atoms. The quantitative estimate of drug-likeness (QED) is 0.825. The first-order chi connectivity index (χ1) is 9.40. The second kappa shape index (κ2) is 3.93. The van der Waals surface area contributed by atoms with E-state index in [1.807, 2.05) is 6.07 Å². The number of nitrogens with zero attached hydrogens (tertiary/aromatic N) is 1. The summed E-state index contributed by atoms with van der Waals surface area (Å²) in [5, 5.41) is 9.29. The molecule has 102 valence electrons. The Hall–Kier alpha value is -2.63. The zero-order chi connectivity index (χ0) is 14.5. The minimum atomic E-state index is -1.21. The number of benzene rings is 1. The maximum Gasteiger partial charge on any atom is 0.352 e. The predicted octanol–water partition coefficient (Wildman–Crippen LogP) is 1.76. The number of carboxylic acid groups (broad SMARTS) is 1. The van der Waals surface area contributed by atoms with Crippen LogP contribution in [0.1, 0.15) is 29.9 Å². The lowest BCUT2D eigenvalue weighted by molar-refractivity contribution is 0.0660. The molecule has 6 heteroatoms. The van der Waals surface area contributed by atoms with Crippen molar-refractivity contribution < 1.29 is 14.6 Å². The van der Waals surface area contributed by atoms with E-state index < -0.39 is 17.3 Å². The van der Waals surface area contributed by atoms with E-state index in [1.165, 1.54) is 0 Å². The maximum atomic E-state index is 11.6. The number of hydrogen-bond acceptors (Lipinski definition) is 4. The first kappa shape index (κ1) is 12.4. The third kappa shape index (κ3) is 1.69. The van der Waals surface area contributed by atoms with Crippen LogP contribution >= 0.6 is 0 Å². The standard InChI is InChI=1S/C14H12N2O4/c1-14(2)9-10(7-5-3-4-6-8(7)20-14)15-13(19)16-11(9)12(17)18/h3-6H,1-2H3,(H,17,18)(H,15,16,19). The molecule has 0 atom stereocenters. The first-order valence-corrected chi connectivity index (χ1v) is 6.06. The van der Waals surface area contributed by atoms with Crippen molar-refractivity contribution in [1.82, 2.24) is 9.97 Å². The topological polar surface area (TPSA) is 92.3 Å². The highest BCUT2D eigenvalue weighted by atomic mass is 16.5. The van der Waals surface area contributed by atoms with Gasteiger partial charge in [0.2, 0.25) is 0 Å². The number of fused-ring (bicyclic) bond motifs is 3. The molecule has 3 rings (SSSR count). The molecule has 1 aromatic carbocycles. The van der Waals surface area contributed by atoms with Gasteiger partial charge in [-0.2, -0.15) is 4.98 Å². The number of aromatic nitrogens is 2. The summed E-state index contributed by atoms with van der Waals surface area (Å²) >= 11 is 0. The SMILES string of the molecule is CC1(C)Oc2ccccc2-c2nc(=O)[nH]c(C(=O)O)c21. The molecule has 2 aromatic rings. The maximum absolute atomic E-state index is 11.6. The van der Waals surface area contributed by atoms with E-state index in [0.29, 0.717) is 22.6 Å². The molecule has 0 amide bonds. The second-order valence-corrected chi connectivity index (χ2v) is 5.05. The van der Waals surface area contributed by atoms with Crippen molar-refractivity contribution in [3.05, 3.63) is 46.0 Å².